The van der Waals surface area contributed by atoms with Crippen molar-refractivity contribution in [1.82, 2.24) is 14.5 Å². The average Bonchev–Trinajstić information content (AvgIpc) is 3.07. The molecule has 10 heteroatoms. The number of halogens is 1. The Labute approximate surface area is 192 Å². The number of hydrogen-bond acceptors (Lipinski definition) is 6. The Kier molecular flexibility index (Phi) is 6.59. The maximum Gasteiger partial charge on any atom is 0.240 e. The quantitative estimate of drug-likeness (QED) is 0.464. The largest absolute Gasteiger partial charge is 0.382 e. The van der Waals surface area contributed by atoms with Crippen molar-refractivity contribution in [3.05, 3.63) is 59.2 Å². The van der Waals surface area contributed by atoms with Crippen molar-refractivity contribution in [2.75, 3.05) is 5.73 Å². The summed E-state index contributed by atoms with van der Waals surface area (Å²) >= 11 is 6.26. The smallest absolute Gasteiger partial charge is 0.240 e. The van der Waals surface area contributed by atoms with Crippen molar-refractivity contribution in [2.24, 2.45) is 10.2 Å². The summed E-state index contributed by atoms with van der Waals surface area (Å²) in [6.45, 7) is 1.78. The van der Waals surface area contributed by atoms with E-state index in [0.29, 0.717) is 17.2 Å². The van der Waals surface area contributed by atoms with Crippen LogP contribution in [0.5, 0.6) is 0 Å². The van der Waals surface area contributed by atoms with Crippen LogP contribution in [0.4, 0.5) is 17.2 Å². The van der Waals surface area contributed by atoms with Crippen LogP contribution < -0.4 is 10.5 Å². The highest BCUT2D eigenvalue weighted by molar-refractivity contribution is 7.89. The number of benzene rings is 2. The lowest BCUT2D eigenvalue weighted by atomic mass is 9.96. The number of nitrogen functional groups attached to an aromatic ring is 1. The molecule has 32 heavy (non-hydrogen) atoms. The van der Waals surface area contributed by atoms with Gasteiger partial charge in [0.15, 0.2) is 11.5 Å². The second kappa shape index (κ2) is 9.40. The first-order chi connectivity index (χ1) is 15.3. The molecule has 0 unspecified atom stereocenters. The van der Waals surface area contributed by atoms with E-state index in [0.717, 1.165) is 37.8 Å². The van der Waals surface area contributed by atoms with Crippen molar-refractivity contribution in [3.63, 3.8) is 0 Å². The van der Waals surface area contributed by atoms with Crippen LogP contribution in [0.2, 0.25) is 5.02 Å². The topological polar surface area (TPSA) is 115 Å². The van der Waals surface area contributed by atoms with Crippen LogP contribution in [0.25, 0.3) is 5.69 Å². The summed E-state index contributed by atoms with van der Waals surface area (Å²) in [5.41, 5.74) is 8.28. The maximum absolute atomic E-state index is 12.8. The molecule has 1 fully saturated rings. The minimum absolute atomic E-state index is 0.0409. The lowest BCUT2D eigenvalue weighted by Gasteiger charge is -2.22. The number of nitrogens with two attached hydrogens (primary N) is 1. The van der Waals surface area contributed by atoms with Gasteiger partial charge in [0.1, 0.15) is 5.69 Å². The van der Waals surface area contributed by atoms with Crippen LogP contribution in [-0.2, 0) is 10.0 Å². The Balaban J connectivity index is 1.61. The molecule has 1 aliphatic rings. The summed E-state index contributed by atoms with van der Waals surface area (Å²) in [6, 6.07) is 13.8. The first-order valence-electron chi connectivity index (χ1n) is 10.5. The van der Waals surface area contributed by atoms with Gasteiger partial charge in [-0.1, -0.05) is 49.1 Å². The summed E-state index contributed by atoms with van der Waals surface area (Å²) in [6.07, 6.45) is 4.91. The fourth-order valence-electron chi connectivity index (χ4n) is 3.77. The number of nitrogens with zero attached hydrogens (tertiary/aromatic N) is 4. The van der Waals surface area contributed by atoms with E-state index in [1.54, 1.807) is 11.6 Å². The van der Waals surface area contributed by atoms with E-state index < -0.39 is 10.0 Å². The minimum atomic E-state index is -3.68. The second-order valence-corrected chi connectivity index (χ2v) is 9.96. The van der Waals surface area contributed by atoms with E-state index in [2.05, 4.69) is 20.0 Å². The zero-order valence-electron chi connectivity index (χ0n) is 17.7. The number of anilines is 1. The highest BCUT2D eigenvalue weighted by Gasteiger charge is 2.22. The highest BCUT2D eigenvalue weighted by Crippen LogP contribution is 2.33. The molecule has 168 valence electrons. The average molecular weight is 473 g/mol. The van der Waals surface area contributed by atoms with Gasteiger partial charge in [0.05, 0.1) is 21.3 Å². The van der Waals surface area contributed by atoms with Crippen LogP contribution in [0, 0.1) is 6.92 Å². The first-order valence-corrected chi connectivity index (χ1v) is 12.4. The van der Waals surface area contributed by atoms with E-state index in [4.69, 9.17) is 17.3 Å². The van der Waals surface area contributed by atoms with Gasteiger partial charge in [-0.05, 0) is 50.1 Å². The van der Waals surface area contributed by atoms with Crippen molar-refractivity contribution < 1.29 is 8.42 Å². The van der Waals surface area contributed by atoms with Crippen LogP contribution in [-0.4, -0.2) is 24.2 Å². The summed E-state index contributed by atoms with van der Waals surface area (Å²) < 4.78 is 30.1. The molecule has 1 aromatic heterocycles. The molecule has 0 radical (unpaired) electrons. The lowest BCUT2D eigenvalue weighted by Crippen LogP contribution is -2.36. The van der Waals surface area contributed by atoms with Crippen LogP contribution in [0.15, 0.2) is 63.7 Å². The van der Waals surface area contributed by atoms with Crippen LogP contribution in [0.3, 0.4) is 0 Å². The molecule has 0 saturated heterocycles. The third-order valence-electron chi connectivity index (χ3n) is 5.48. The number of azo groups is 1. The van der Waals surface area contributed by atoms with Gasteiger partial charge in [0.2, 0.25) is 10.0 Å². The predicted molar refractivity (Wildman–Crippen MR) is 126 cm³/mol. The summed E-state index contributed by atoms with van der Waals surface area (Å²) in [4.78, 5) is 0.103. The Bertz CT molecular complexity index is 1230. The number of nitrogens with one attached hydrogen (secondary N) is 1. The lowest BCUT2D eigenvalue weighted by molar-refractivity contribution is 0.412. The Morgan fingerprint density at radius 3 is 2.53 bits per heavy atom. The normalized spacial score (nSPS) is 15.4. The molecule has 3 N–H and O–H groups in total. The molecule has 0 spiro atoms. The van der Waals surface area contributed by atoms with E-state index in [9.17, 15) is 8.42 Å². The zero-order chi connectivity index (χ0) is 22.7. The number of rotatable bonds is 6. The molecule has 8 nitrogen and oxygen atoms in total. The SMILES string of the molecule is Cc1nn(-c2ccccc2)c(N)c1N=Nc1cc(S(=O)(=O)NC2CCCCC2)ccc1Cl. The molecule has 0 atom stereocenters. The minimum Gasteiger partial charge on any atom is -0.382 e. The van der Waals surface area contributed by atoms with Crippen molar-refractivity contribution in [2.45, 2.75) is 50.0 Å². The Morgan fingerprint density at radius 1 is 1.09 bits per heavy atom. The number of hydrogen-bond donors (Lipinski definition) is 2. The number of para-hydroxylation sites is 1. The molecule has 0 bridgehead atoms. The third kappa shape index (κ3) is 4.85. The van der Waals surface area contributed by atoms with Crippen molar-refractivity contribution in [1.29, 1.82) is 0 Å². The number of aryl methyl sites for hydroxylation is 1. The predicted octanol–water partition coefficient (Wildman–Crippen LogP) is 5.44. The van der Waals surface area contributed by atoms with Crippen LogP contribution >= 0.6 is 11.6 Å². The number of sulfonamides is 1. The molecule has 2 aromatic carbocycles. The van der Waals surface area contributed by atoms with Gasteiger partial charge in [-0.2, -0.15) is 5.10 Å². The van der Waals surface area contributed by atoms with Gasteiger partial charge < -0.3 is 5.73 Å². The van der Waals surface area contributed by atoms with Crippen LogP contribution in [0.1, 0.15) is 37.8 Å². The highest BCUT2D eigenvalue weighted by atomic mass is 35.5. The van der Waals surface area contributed by atoms with Gasteiger partial charge in [-0.15, -0.1) is 10.2 Å². The molecule has 4 rings (SSSR count). The van der Waals surface area contributed by atoms with E-state index in [1.807, 2.05) is 30.3 Å². The van der Waals surface area contributed by atoms with Gasteiger partial charge in [-0.3, -0.25) is 0 Å². The van der Waals surface area contributed by atoms with Crippen molar-refractivity contribution in [3.8, 4) is 5.69 Å². The molecule has 1 saturated carbocycles. The van der Waals surface area contributed by atoms with Gasteiger partial charge in [0.25, 0.3) is 0 Å². The number of aromatic nitrogens is 2. The molecular formula is C22H25ClN6O2S. The second-order valence-electron chi connectivity index (χ2n) is 7.84. The monoisotopic (exact) mass is 472 g/mol. The van der Waals surface area contributed by atoms with E-state index >= 15 is 0 Å². The standard InChI is InChI=1S/C22H25ClN6O2S/c1-15-21(22(24)29(27-15)17-10-6-3-7-11-17)26-25-20-14-18(12-13-19(20)23)32(30,31)28-16-8-4-2-5-9-16/h3,6-7,10-14,16,28H,2,4-5,8-9,24H2,1H3. The molecule has 1 aliphatic carbocycles. The first kappa shape index (κ1) is 22.4. The van der Waals surface area contributed by atoms with Gasteiger partial charge in [0, 0.05) is 6.04 Å². The fraction of sp³-hybridized carbons (Fsp3) is 0.318. The molecular weight excluding hydrogens is 448 g/mol. The maximum atomic E-state index is 12.8. The summed E-state index contributed by atoms with van der Waals surface area (Å²) in [5, 5.41) is 13.2. The summed E-state index contributed by atoms with van der Waals surface area (Å²) in [7, 11) is -3.68. The van der Waals surface area contributed by atoms with E-state index in [1.165, 1.54) is 18.2 Å². The van der Waals surface area contributed by atoms with E-state index in [-0.39, 0.29) is 21.6 Å². The summed E-state index contributed by atoms with van der Waals surface area (Å²) in [5.74, 6) is 0.330. The zero-order valence-corrected chi connectivity index (χ0v) is 19.3. The molecule has 0 aliphatic heterocycles. The Hall–Kier alpha value is -2.75. The Morgan fingerprint density at radius 2 is 1.81 bits per heavy atom. The third-order valence-corrected chi connectivity index (χ3v) is 7.31. The molecule has 1 heterocycles. The van der Waals surface area contributed by atoms with Crippen molar-refractivity contribution >= 4 is 38.8 Å². The fourth-order valence-corrected chi connectivity index (χ4v) is 5.25. The molecule has 3 aromatic rings. The molecule has 0 amide bonds. The van der Waals surface area contributed by atoms with Gasteiger partial charge >= 0.3 is 0 Å². The van der Waals surface area contributed by atoms with Gasteiger partial charge in [-0.25, -0.2) is 17.8 Å².